The van der Waals surface area contributed by atoms with E-state index in [-0.39, 0.29) is 12.3 Å². The van der Waals surface area contributed by atoms with Crippen LogP contribution in [-0.4, -0.2) is 36.5 Å². The molecule has 6 heteroatoms. The first-order chi connectivity index (χ1) is 11.9. The van der Waals surface area contributed by atoms with Gasteiger partial charge >= 0.3 is 6.18 Å². The van der Waals surface area contributed by atoms with E-state index in [0.29, 0.717) is 24.1 Å². The van der Waals surface area contributed by atoms with Crippen LogP contribution in [0.25, 0.3) is 0 Å². The first-order valence-corrected chi connectivity index (χ1v) is 9.08. The number of carbonyl (C=O) groups is 1. The number of carbonyl (C=O) groups excluding carboxylic acids is 1. The highest BCUT2D eigenvalue weighted by molar-refractivity contribution is 5.78. The lowest BCUT2D eigenvalue weighted by atomic mass is 10.1. The van der Waals surface area contributed by atoms with Crippen LogP contribution in [0.1, 0.15) is 43.2 Å². The number of benzene rings is 1. The monoisotopic (exact) mass is 354 g/mol. The molecule has 1 atom stereocenters. The zero-order valence-corrected chi connectivity index (χ0v) is 14.3. The minimum absolute atomic E-state index is 0.0109. The number of hydrogen-bond acceptors (Lipinski definition) is 2. The molecule has 0 bridgehead atoms. The Morgan fingerprint density at radius 2 is 1.96 bits per heavy atom. The highest BCUT2D eigenvalue weighted by atomic mass is 19.4. The summed E-state index contributed by atoms with van der Waals surface area (Å²) in [5.74, 6) is 0.240. The van der Waals surface area contributed by atoms with Gasteiger partial charge in [0.2, 0.25) is 5.91 Å². The van der Waals surface area contributed by atoms with Crippen molar-refractivity contribution in [3.63, 3.8) is 0 Å². The van der Waals surface area contributed by atoms with E-state index in [4.69, 9.17) is 0 Å². The first-order valence-electron chi connectivity index (χ1n) is 9.08. The van der Waals surface area contributed by atoms with Crippen LogP contribution < -0.4 is 5.32 Å². The SMILES string of the molecule is O=C(Cc1cccc(C(F)(F)F)c1)NCC1CCN(C2CCCC2)C1. The number of hydrogen-bond donors (Lipinski definition) is 1. The van der Waals surface area contributed by atoms with E-state index in [1.807, 2.05) is 0 Å². The summed E-state index contributed by atoms with van der Waals surface area (Å²) >= 11 is 0. The summed E-state index contributed by atoms with van der Waals surface area (Å²) in [7, 11) is 0. The summed E-state index contributed by atoms with van der Waals surface area (Å²) in [5.41, 5.74) is -0.313. The van der Waals surface area contributed by atoms with Gasteiger partial charge in [-0.05, 0) is 43.4 Å². The van der Waals surface area contributed by atoms with Gasteiger partial charge < -0.3 is 10.2 Å². The first kappa shape index (κ1) is 18.2. The van der Waals surface area contributed by atoms with Crippen LogP contribution >= 0.6 is 0 Å². The van der Waals surface area contributed by atoms with Crippen molar-refractivity contribution in [3.8, 4) is 0 Å². The number of halogens is 3. The third kappa shape index (κ3) is 4.97. The standard InChI is InChI=1S/C19H25F3N2O/c20-19(21,22)16-5-3-4-14(10-16)11-18(25)23-12-15-8-9-24(13-15)17-6-1-2-7-17/h3-5,10,15,17H,1-2,6-9,11-13H2,(H,23,25). The molecule has 2 fully saturated rings. The predicted octanol–water partition coefficient (Wildman–Crippen LogP) is 3.63. The Kier molecular flexibility index (Phi) is 5.67. The van der Waals surface area contributed by atoms with Crippen molar-refractivity contribution < 1.29 is 18.0 Å². The van der Waals surface area contributed by atoms with Gasteiger partial charge in [0.1, 0.15) is 0 Å². The Hall–Kier alpha value is -1.56. The van der Waals surface area contributed by atoms with Crippen LogP contribution in [-0.2, 0) is 17.4 Å². The molecule has 1 aromatic carbocycles. The molecular weight excluding hydrogens is 329 g/mol. The summed E-state index contributed by atoms with van der Waals surface area (Å²) in [6, 6.07) is 5.70. The molecule has 138 valence electrons. The molecule has 1 amide bonds. The van der Waals surface area contributed by atoms with Gasteiger partial charge in [0, 0.05) is 19.1 Å². The normalized spacial score (nSPS) is 22.4. The van der Waals surface area contributed by atoms with Gasteiger partial charge in [-0.25, -0.2) is 0 Å². The van der Waals surface area contributed by atoms with E-state index in [2.05, 4.69) is 10.2 Å². The van der Waals surface area contributed by atoms with E-state index in [1.165, 1.54) is 31.7 Å². The fourth-order valence-corrected chi connectivity index (χ4v) is 3.99. The van der Waals surface area contributed by atoms with Gasteiger partial charge in [0.15, 0.2) is 0 Å². The molecule has 0 spiro atoms. The van der Waals surface area contributed by atoms with Crippen LogP contribution in [0, 0.1) is 5.92 Å². The van der Waals surface area contributed by atoms with E-state index < -0.39 is 11.7 Å². The largest absolute Gasteiger partial charge is 0.416 e. The summed E-state index contributed by atoms with van der Waals surface area (Å²) in [5, 5.41) is 2.90. The molecule has 1 aliphatic heterocycles. The van der Waals surface area contributed by atoms with E-state index in [9.17, 15) is 18.0 Å². The Morgan fingerprint density at radius 1 is 1.20 bits per heavy atom. The molecule has 25 heavy (non-hydrogen) atoms. The van der Waals surface area contributed by atoms with Crippen molar-refractivity contribution in [1.29, 1.82) is 0 Å². The number of alkyl halides is 3. The van der Waals surface area contributed by atoms with Crippen LogP contribution in [0.3, 0.4) is 0 Å². The average molecular weight is 354 g/mol. The van der Waals surface area contributed by atoms with E-state index in [0.717, 1.165) is 31.6 Å². The number of amides is 1. The topological polar surface area (TPSA) is 32.3 Å². The number of rotatable bonds is 5. The Bertz CT molecular complexity index is 597. The maximum Gasteiger partial charge on any atom is 0.416 e. The number of likely N-dealkylation sites (tertiary alicyclic amines) is 1. The second kappa shape index (κ2) is 7.77. The molecule has 0 radical (unpaired) electrons. The van der Waals surface area contributed by atoms with Gasteiger partial charge in [-0.3, -0.25) is 4.79 Å². The molecule has 1 N–H and O–H groups in total. The molecule has 3 nitrogen and oxygen atoms in total. The zero-order valence-electron chi connectivity index (χ0n) is 14.3. The Labute approximate surface area is 146 Å². The third-order valence-corrected chi connectivity index (χ3v) is 5.37. The summed E-state index contributed by atoms with van der Waals surface area (Å²) in [6.07, 6.45) is 1.91. The summed E-state index contributed by atoms with van der Waals surface area (Å²) in [6.45, 7) is 2.73. The minimum atomic E-state index is -4.37. The molecule has 0 aromatic heterocycles. The quantitative estimate of drug-likeness (QED) is 0.876. The number of nitrogens with one attached hydrogen (secondary N) is 1. The third-order valence-electron chi connectivity index (χ3n) is 5.37. The molecule has 3 rings (SSSR count). The van der Waals surface area contributed by atoms with E-state index in [1.54, 1.807) is 6.07 Å². The van der Waals surface area contributed by atoms with Gasteiger partial charge in [-0.15, -0.1) is 0 Å². The second-order valence-electron chi connectivity index (χ2n) is 7.27. The molecule has 1 saturated heterocycles. The lowest BCUT2D eigenvalue weighted by molar-refractivity contribution is -0.137. The van der Waals surface area contributed by atoms with E-state index >= 15 is 0 Å². The van der Waals surface area contributed by atoms with Crippen molar-refractivity contribution in [3.05, 3.63) is 35.4 Å². The number of nitrogens with zero attached hydrogens (tertiary/aromatic N) is 1. The summed E-state index contributed by atoms with van der Waals surface area (Å²) < 4.78 is 38.2. The van der Waals surface area contributed by atoms with Gasteiger partial charge in [0.05, 0.1) is 12.0 Å². The van der Waals surface area contributed by atoms with Crippen molar-refractivity contribution in [1.82, 2.24) is 10.2 Å². The van der Waals surface area contributed by atoms with Crippen molar-refractivity contribution in [2.75, 3.05) is 19.6 Å². The minimum Gasteiger partial charge on any atom is -0.355 e. The van der Waals surface area contributed by atoms with Crippen LogP contribution in [0.2, 0.25) is 0 Å². The van der Waals surface area contributed by atoms with Crippen molar-refractivity contribution in [2.24, 2.45) is 5.92 Å². The Morgan fingerprint density at radius 3 is 2.68 bits per heavy atom. The lowest BCUT2D eigenvalue weighted by Gasteiger charge is -2.23. The molecule has 1 aliphatic carbocycles. The molecule has 1 saturated carbocycles. The van der Waals surface area contributed by atoms with Crippen molar-refractivity contribution >= 4 is 5.91 Å². The predicted molar refractivity (Wildman–Crippen MR) is 90.1 cm³/mol. The molecule has 2 aliphatic rings. The highest BCUT2D eigenvalue weighted by Gasteiger charge is 2.31. The van der Waals surface area contributed by atoms with Crippen LogP contribution in [0.5, 0.6) is 0 Å². The van der Waals surface area contributed by atoms with Gasteiger partial charge in [-0.2, -0.15) is 13.2 Å². The Balaban J connectivity index is 1.44. The maximum absolute atomic E-state index is 12.7. The van der Waals surface area contributed by atoms with Crippen LogP contribution in [0.15, 0.2) is 24.3 Å². The molecule has 1 unspecified atom stereocenters. The zero-order chi connectivity index (χ0) is 17.9. The molecular formula is C19H25F3N2O. The van der Waals surface area contributed by atoms with Crippen LogP contribution in [0.4, 0.5) is 13.2 Å². The molecule has 1 heterocycles. The van der Waals surface area contributed by atoms with Gasteiger partial charge in [0.25, 0.3) is 0 Å². The summed E-state index contributed by atoms with van der Waals surface area (Å²) in [4.78, 5) is 14.6. The van der Waals surface area contributed by atoms with Crippen molar-refractivity contribution in [2.45, 2.75) is 50.7 Å². The fraction of sp³-hybridized carbons (Fsp3) is 0.632. The highest BCUT2D eigenvalue weighted by Crippen LogP contribution is 2.30. The maximum atomic E-state index is 12.7. The van der Waals surface area contributed by atoms with Gasteiger partial charge in [-0.1, -0.05) is 31.0 Å². The second-order valence-corrected chi connectivity index (χ2v) is 7.27. The fourth-order valence-electron chi connectivity index (χ4n) is 3.99. The average Bonchev–Trinajstić information content (AvgIpc) is 3.24. The molecule has 1 aromatic rings. The smallest absolute Gasteiger partial charge is 0.355 e. The lowest BCUT2D eigenvalue weighted by Crippen LogP contribution is -2.34.